The molecule has 1 unspecified atom stereocenters. The van der Waals surface area contributed by atoms with E-state index in [-0.39, 0.29) is 5.97 Å². The van der Waals surface area contributed by atoms with E-state index in [0.717, 1.165) is 29.3 Å². The number of thiazole rings is 1. The van der Waals surface area contributed by atoms with E-state index in [1.807, 2.05) is 6.92 Å². The van der Waals surface area contributed by atoms with Crippen LogP contribution in [0.15, 0.2) is 0 Å². The van der Waals surface area contributed by atoms with E-state index in [0.29, 0.717) is 18.2 Å². The Hall–Kier alpha value is -0.940. The Labute approximate surface area is 98.6 Å². The molecule has 88 valence electrons. The third kappa shape index (κ3) is 2.25. The molecule has 0 aromatic carbocycles. The highest BCUT2D eigenvalue weighted by molar-refractivity contribution is 7.12. The summed E-state index contributed by atoms with van der Waals surface area (Å²) in [6.07, 6.45) is 2.11. The van der Waals surface area contributed by atoms with Crippen molar-refractivity contribution in [1.29, 1.82) is 0 Å². The number of esters is 1. The molecule has 1 aromatic heterocycles. The van der Waals surface area contributed by atoms with Crippen molar-refractivity contribution in [1.82, 2.24) is 4.98 Å². The fourth-order valence-electron chi connectivity index (χ4n) is 1.91. The lowest BCUT2D eigenvalue weighted by molar-refractivity contribution is 0.0585. The number of ether oxygens (including phenoxy) is 2. The summed E-state index contributed by atoms with van der Waals surface area (Å²) in [6.45, 7) is 3.41. The van der Waals surface area contributed by atoms with Gasteiger partial charge in [-0.05, 0) is 19.8 Å². The lowest BCUT2D eigenvalue weighted by Gasteiger charge is -2.21. The highest BCUT2D eigenvalue weighted by Crippen LogP contribution is 2.32. The van der Waals surface area contributed by atoms with Gasteiger partial charge in [-0.1, -0.05) is 0 Å². The number of nitrogens with zero attached hydrogens (tertiary/aromatic N) is 1. The maximum atomic E-state index is 11.6. The molecule has 0 saturated carbocycles. The van der Waals surface area contributed by atoms with Gasteiger partial charge < -0.3 is 9.47 Å². The quantitative estimate of drug-likeness (QED) is 0.744. The predicted molar refractivity (Wildman–Crippen MR) is 61.0 cm³/mol. The van der Waals surface area contributed by atoms with Crippen molar-refractivity contribution in [3.05, 3.63) is 15.6 Å². The van der Waals surface area contributed by atoms with Gasteiger partial charge in [-0.25, -0.2) is 9.78 Å². The van der Waals surface area contributed by atoms with Crippen molar-refractivity contribution in [3.63, 3.8) is 0 Å². The van der Waals surface area contributed by atoms with Crippen molar-refractivity contribution in [3.8, 4) is 0 Å². The number of carbonyl (C=O) groups is 1. The molecule has 4 nitrogen and oxygen atoms in total. The number of hydrogen-bond acceptors (Lipinski definition) is 5. The summed E-state index contributed by atoms with van der Waals surface area (Å²) < 4.78 is 10.2. The van der Waals surface area contributed by atoms with E-state index in [1.165, 1.54) is 7.11 Å². The van der Waals surface area contributed by atoms with Gasteiger partial charge in [0.2, 0.25) is 0 Å². The highest BCUT2D eigenvalue weighted by atomic mass is 32.1. The molecule has 2 rings (SSSR count). The highest BCUT2D eigenvalue weighted by Gasteiger charge is 2.26. The Bertz CT molecular complexity index is 383. The SMILES string of the molecule is COC(=O)c1nc(C)sc1C1CCCOC1. The lowest BCUT2D eigenvalue weighted by Crippen LogP contribution is -2.17. The summed E-state index contributed by atoms with van der Waals surface area (Å²) in [4.78, 5) is 16.8. The number of rotatable bonds is 2. The Balaban J connectivity index is 2.27. The first-order chi connectivity index (χ1) is 7.72. The van der Waals surface area contributed by atoms with Crippen LogP contribution in [0.1, 0.15) is 39.1 Å². The largest absolute Gasteiger partial charge is 0.464 e. The maximum absolute atomic E-state index is 11.6. The van der Waals surface area contributed by atoms with E-state index >= 15 is 0 Å². The van der Waals surface area contributed by atoms with Crippen molar-refractivity contribution >= 4 is 17.3 Å². The average Bonchev–Trinajstić information content (AvgIpc) is 2.71. The molecule has 1 aliphatic heterocycles. The van der Waals surface area contributed by atoms with Crippen LogP contribution in [0.25, 0.3) is 0 Å². The fraction of sp³-hybridized carbons (Fsp3) is 0.636. The van der Waals surface area contributed by atoms with Gasteiger partial charge in [-0.15, -0.1) is 11.3 Å². The van der Waals surface area contributed by atoms with Gasteiger partial charge in [0.25, 0.3) is 0 Å². The van der Waals surface area contributed by atoms with Crippen molar-refractivity contribution < 1.29 is 14.3 Å². The minimum Gasteiger partial charge on any atom is -0.464 e. The van der Waals surface area contributed by atoms with E-state index in [9.17, 15) is 4.79 Å². The summed E-state index contributed by atoms with van der Waals surface area (Å²) in [5.41, 5.74) is 0.473. The van der Waals surface area contributed by atoms with Gasteiger partial charge in [0.15, 0.2) is 5.69 Å². The minimum absolute atomic E-state index is 0.300. The van der Waals surface area contributed by atoms with Crippen molar-refractivity contribution in [2.24, 2.45) is 0 Å². The van der Waals surface area contributed by atoms with Gasteiger partial charge in [0, 0.05) is 17.4 Å². The van der Waals surface area contributed by atoms with Gasteiger partial charge in [0.05, 0.1) is 18.7 Å². The summed E-state index contributed by atoms with van der Waals surface area (Å²) in [5, 5.41) is 0.904. The molecule has 1 aliphatic rings. The zero-order chi connectivity index (χ0) is 11.5. The maximum Gasteiger partial charge on any atom is 0.357 e. The molecule has 2 heterocycles. The summed E-state index contributed by atoms with van der Waals surface area (Å²) in [6, 6.07) is 0. The van der Waals surface area contributed by atoms with Crippen LogP contribution >= 0.6 is 11.3 Å². The summed E-state index contributed by atoms with van der Waals surface area (Å²) in [5.74, 6) is -0.0426. The molecule has 0 radical (unpaired) electrons. The number of aryl methyl sites for hydroxylation is 1. The first-order valence-electron chi connectivity index (χ1n) is 5.35. The normalized spacial score (nSPS) is 20.8. The van der Waals surface area contributed by atoms with E-state index in [2.05, 4.69) is 4.98 Å². The number of hydrogen-bond donors (Lipinski definition) is 0. The van der Waals surface area contributed by atoms with Crippen LogP contribution in [-0.2, 0) is 9.47 Å². The Morgan fingerprint density at radius 3 is 3.06 bits per heavy atom. The molecule has 5 heteroatoms. The summed E-state index contributed by atoms with van der Waals surface area (Å²) >= 11 is 1.57. The molecule has 1 aromatic rings. The van der Waals surface area contributed by atoms with Crippen LogP contribution in [0.3, 0.4) is 0 Å². The molecule has 0 bridgehead atoms. The molecule has 0 amide bonds. The molecule has 0 spiro atoms. The third-order valence-corrected chi connectivity index (χ3v) is 3.80. The molecule has 16 heavy (non-hydrogen) atoms. The monoisotopic (exact) mass is 241 g/mol. The third-order valence-electron chi connectivity index (χ3n) is 2.67. The molecule has 1 atom stereocenters. The van der Waals surface area contributed by atoms with Crippen LogP contribution in [0.2, 0.25) is 0 Å². The second-order valence-corrected chi connectivity index (χ2v) is 5.09. The van der Waals surface area contributed by atoms with Gasteiger partial charge >= 0.3 is 5.97 Å². The zero-order valence-corrected chi connectivity index (χ0v) is 10.3. The first kappa shape index (κ1) is 11.5. The summed E-state index contributed by atoms with van der Waals surface area (Å²) in [7, 11) is 1.39. The molecule has 0 aliphatic carbocycles. The van der Waals surface area contributed by atoms with Crippen LogP contribution in [0, 0.1) is 6.92 Å². The topological polar surface area (TPSA) is 48.4 Å². The number of aromatic nitrogens is 1. The molecule has 0 N–H and O–H groups in total. The molecule has 1 saturated heterocycles. The first-order valence-corrected chi connectivity index (χ1v) is 6.17. The van der Waals surface area contributed by atoms with Crippen molar-refractivity contribution in [2.45, 2.75) is 25.7 Å². The Morgan fingerprint density at radius 1 is 1.62 bits per heavy atom. The second kappa shape index (κ2) is 4.93. The molecular formula is C11H15NO3S. The van der Waals surface area contributed by atoms with Crippen molar-refractivity contribution in [2.75, 3.05) is 20.3 Å². The lowest BCUT2D eigenvalue weighted by atomic mass is 9.99. The predicted octanol–water partition coefficient (Wildman–Crippen LogP) is 2.13. The smallest absolute Gasteiger partial charge is 0.357 e. The Kier molecular flexibility index (Phi) is 3.56. The average molecular weight is 241 g/mol. The van der Waals surface area contributed by atoms with Crippen LogP contribution in [0.4, 0.5) is 0 Å². The van der Waals surface area contributed by atoms with E-state index < -0.39 is 0 Å². The second-order valence-electron chi connectivity index (χ2n) is 3.85. The zero-order valence-electron chi connectivity index (χ0n) is 9.49. The standard InChI is InChI=1S/C11H15NO3S/c1-7-12-9(11(13)14-2)10(16-7)8-4-3-5-15-6-8/h8H,3-6H2,1-2H3. The van der Waals surface area contributed by atoms with Crippen LogP contribution < -0.4 is 0 Å². The van der Waals surface area contributed by atoms with Crippen LogP contribution in [0.5, 0.6) is 0 Å². The van der Waals surface area contributed by atoms with Gasteiger partial charge in [-0.2, -0.15) is 0 Å². The fourth-order valence-corrected chi connectivity index (χ4v) is 2.94. The Morgan fingerprint density at radius 2 is 2.44 bits per heavy atom. The number of carbonyl (C=O) groups excluding carboxylic acids is 1. The van der Waals surface area contributed by atoms with Crippen LogP contribution in [-0.4, -0.2) is 31.3 Å². The molecule has 1 fully saturated rings. The van der Waals surface area contributed by atoms with Gasteiger partial charge in [-0.3, -0.25) is 0 Å². The molecular weight excluding hydrogens is 226 g/mol. The van der Waals surface area contributed by atoms with E-state index in [4.69, 9.17) is 9.47 Å². The minimum atomic E-state index is -0.343. The van der Waals surface area contributed by atoms with Gasteiger partial charge in [0.1, 0.15) is 0 Å². The number of methoxy groups -OCH3 is 1. The van der Waals surface area contributed by atoms with E-state index in [1.54, 1.807) is 11.3 Å².